The molecule has 0 spiro atoms. The maximum Gasteiger partial charge on any atom is 0.309 e. The highest BCUT2D eigenvalue weighted by atomic mass is 16.4. The first kappa shape index (κ1) is 16.3. The van der Waals surface area contributed by atoms with Crippen LogP contribution in [0.25, 0.3) is 5.57 Å². The minimum Gasteiger partial charge on any atom is -0.481 e. The molecule has 0 radical (unpaired) electrons. The Morgan fingerprint density at radius 3 is 2.61 bits per heavy atom. The average Bonchev–Trinajstić information content (AvgIpc) is 2.49. The van der Waals surface area contributed by atoms with Crippen molar-refractivity contribution in [3.05, 3.63) is 41.5 Å². The van der Waals surface area contributed by atoms with Crippen molar-refractivity contribution in [2.24, 2.45) is 11.3 Å². The van der Waals surface area contributed by atoms with Gasteiger partial charge in [0.05, 0.1) is 11.5 Å². The lowest BCUT2D eigenvalue weighted by atomic mass is 9.49. The molecule has 1 aromatic carbocycles. The maximum atomic E-state index is 11.9. The predicted molar refractivity (Wildman–Crippen MR) is 91.2 cm³/mol. The molecule has 124 valence electrons. The molecule has 2 aliphatic rings. The van der Waals surface area contributed by atoms with Crippen molar-refractivity contribution in [2.75, 3.05) is 0 Å². The molecule has 1 fully saturated rings. The Morgan fingerprint density at radius 2 is 2.00 bits per heavy atom. The highest BCUT2D eigenvalue weighted by molar-refractivity contribution is 5.75. The molecule has 3 heteroatoms. The fourth-order valence-corrected chi connectivity index (χ4v) is 4.95. The summed E-state index contributed by atoms with van der Waals surface area (Å²) in [5.41, 5.74) is 3.15. The van der Waals surface area contributed by atoms with Gasteiger partial charge in [-0.2, -0.15) is 0 Å². The Morgan fingerprint density at radius 1 is 1.30 bits per heavy atom. The summed E-state index contributed by atoms with van der Waals surface area (Å²) in [5, 5.41) is 20.5. The molecule has 3 rings (SSSR count). The van der Waals surface area contributed by atoms with Crippen LogP contribution in [0.15, 0.2) is 24.8 Å². The first-order chi connectivity index (χ1) is 10.7. The zero-order valence-electron chi connectivity index (χ0n) is 14.2. The molecule has 2 aliphatic carbocycles. The number of aliphatic hydroxyl groups is 1. The Hall–Kier alpha value is -1.61. The summed E-state index contributed by atoms with van der Waals surface area (Å²) < 4.78 is 0. The minimum atomic E-state index is -0.765. The van der Waals surface area contributed by atoms with Gasteiger partial charge in [-0.05, 0) is 67.2 Å². The van der Waals surface area contributed by atoms with Gasteiger partial charge in [0.2, 0.25) is 0 Å². The number of carbonyl (C=O) groups is 1. The fraction of sp³-hybridized carbons (Fsp3) is 0.550. The van der Waals surface area contributed by atoms with Gasteiger partial charge in [0, 0.05) is 0 Å². The number of rotatable bonds is 2. The van der Waals surface area contributed by atoms with Crippen LogP contribution in [0.1, 0.15) is 69.2 Å². The van der Waals surface area contributed by atoms with Gasteiger partial charge in [0.1, 0.15) is 0 Å². The number of carboxylic acids is 1. The van der Waals surface area contributed by atoms with Crippen molar-refractivity contribution < 1.29 is 15.0 Å². The molecule has 23 heavy (non-hydrogen) atoms. The van der Waals surface area contributed by atoms with E-state index in [1.54, 1.807) is 0 Å². The molecule has 0 bridgehead atoms. The molecule has 0 aromatic heterocycles. The second-order valence-electron chi connectivity index (χ2n) is 7.88. The number of benzene rings is 1. The molecule has 1 aromatic rings. The van der Waals surface area contributed by atoms with Gasteiger partial charge in [-0.3, -0.25) is 4.79 Å². The summed E-state index contributed by atoms with van der Waals surface area (Å²) in [6.45, 7) is 9.99. The third-order valence-electron chi connectivity index (χ3n) is 6.40. The maximum absolute atomic E-state index is 11.9. The molecule has 1 saturated carbocycles. The Kier molecular flexibility index (Phi) is 3.68. The second-order valence-corrected chi connectivity index (χ2v) is 7.88. The number of aliphatic hydroxyl groups excluding tert-OH is 1. The summed E-state index contributed by atoms with van der Waals surface area (Å²) in [4.78, 5) is 11.9. The van der Waals surface area contributed by atoms with E-state index >= 15 is 0 Å². The summed E-state index contributed by atoms with van der Waals surface area (Å²) >= 11 is 0. The lowest BCUT2D eigenvalue weighted by Crippen LogP contribution is -2.53. The standard InChI is InChI=1S/C20H26O3/c1-12(2)13-6-7-15-14(10-13)16(21)11-17-19(15,3)8-5-9-20(17,4)18(22)23/h6-7,10,16-17,21H,1,5,8-9,11H2,2-4H3,(H,22,23)/t16-,17?,19-,20+/m1/s1. The molecular weight excluding hydrogens is 288 g/mol. The van der Waals surface area contributed by atoms with Gasteiger partial charge in [-0.15, -0.1) is 0 Å². The van der Waals surface area contributed by atoms with Gasteiger partial charge < -0.3 is 10.2 Å². The topological polar surface area (TPSA) is 57.5 Å². The van der Waals surface area contributed by atoms with E-state index in [9.17, 15) is 15.0 Å². The summed E-state index contributed by atoms with van der Waals surface area (Å²) in [6, 6.07) is 6.17. The smallest absolute Gasteiger partial charge is 0.309 e. The Bertz CT molecular complexity index is 677. The largest absolute Gasteiger partial charge is 0.481 e. The number of aliphatic carboxylic acids is 1. The summed E-state index contributed by atoms with van der Waals surface area (Å²) in [6.07, 6.45) is 2.50. The van der Waals surface area contributed by atoms with Crippen molar-refractivity contribution in [1.29, 1.82) is 0 Å². The SMILES string of the molecule is C=C(C)c1ccc2c(c1)[C@H](O)CC1[C@@](C)(C(=O)O)CCC[C@]21C. The molecule has 4 atom stereocenters. The van der Waals surface area contributed by atoms with Gasteiger partial charge in [-0.25, -0.2) is 0 Å². The third kappa shape index (κ3) is 2.25. The predicted octanol–water partition coefficient (Wildman–Crippen LogP) is 4.31. The minimum absolute atomic E-state index is 0.0422. The zero-order valence-corrected chi connectivity index (χ0v) is 14.2. The van der Waals surface area contributed by atoms with E-state index < -0.39 is 17.5 Å². The van der Waals surface area contributed by atoms with Crippen molar-refractivity contribution in [3.8, 4) is 0 Å². The van der Waals surface area contributed by atoms with Crippen LogP contribution in [0.4, 0.5) is 0 Å². The molecule has 0 heterocycles. The van der Waals surface area contributed by atoms with Crippen LogP contribution in [0.5, 0.6) is 0 Å². The highest BCUT2D eigenvalue weighted by Crippen LogP contribution is 2.59. The van der Waals surface area contributed by atoms with Crippen LogP contribution < -0.4 is 0 Å². The summed E-state index contributed by atoms with van der Waals surface area (Å²) in [7, 11) is 0. The van der Waals surface area contributed by atoms with Gasteiger partial charge in [-0.1, -0.05) is 37.6 Å². The zero-order chi connectivity index (χ0) is 17.0. The number of fused-ring (bicyclic) bond motifs is 3. The van der Waals surface area contributed by atoms with E-state index in [0.717, 1.165) is 35.1 Å². The van der Waals surface area contributed by atoms with Crippen LogP contribution in [0.3, 0.4) is 0 Å². The van der Waals surface area contributed by atoms with Crippen molar-refractivity contribution >= 4 is 11.5 Å². The number of hydrogen-bond acceptors (Lipinski definition) is 2. The molecule has 1 unspecified atom stereocenters. The molecule has 2 N–H and O–H groups in total. The quantitative estimate of drug-likeness (QED) is 0.855. The Labute approximate surface area is 138 Å². The van der Waals surface area contributed by atoms with E-state index in [0.29, 0.717) is 12.8 Å². The van der Waals surface area contributed by atoms with Crippen LogP contribution in [-0.4, -0.2) is 16.2 Å². The Balaban J connectivity index is 2.16. The van der Waals surface area contributed by atoms with Gasteiger partial charge in [0.15, 0.2) is 0 Å². The molecule has 3 nitrogen and oxygen atoms in total. The fourth-order valence-electron chi connectivity index (χ4n) is 4.95. The first-order valence-corrected chi connectivity index (χ1v) is 8.42. The van der Waals surface area contributed by atoms with Crippen molar-refractivity contribution in [1.82, 2.24) is 0 Å². The van der Waals surface area contributed by atoms with E-state index in [-0.39, 0.29) is 11.3 Å². The van der Waals surface area contributed by atoms with Gasteiger partial charge in [0.25, 0.3) is 0 Å². The van der Waals surface area contributed by atoms with E-state index in [4.69, 9.17) is 0 Å². The molecule has 0 saturated heterocycles. The van der Waals surface area contributed by atoms with Crippen LogP contribution in [0, 0.1) is 11.3 Å². The van der Waals surface area contributed by atoms with Crippen LogP contribution >= 0.6 is 0 Å². The van der Waals surface area contributed by atoms with Crippen molar-refractivity contribution in [2.45, 2.75) is 58.0 Å². The highest BCUT2D eigenvalue weighted by Gasteiger charge is 2.56. The van der Waals surface area contributed by atoms with Gasteiger partial charge >= 0.3 is 5.97 Å². The molecule has 0 amide bonds. The molecular formula is C20H26O3. The number of carboxylic acid groups (broad SMARTS) is 1. The lowest BCUT2D eigenvalue weighted by Gasteiger charge is -2.54. The summed E-state index contributed by atoms with van der Waals surface area (Å²) in [5.74, 6) is -0.776. The van der Waals surface area contributed by atoms with Crippen LogP contribution in [0.2, 0.25) is 0 Å². The number of allylic oxidation sites excluding steroid dienone is 1. The third-order valence-corrected chi connectivity index (χ3v) is 6.40. The lowest BCUT2D eigenvalue weighted by molar-refractivity contribution is -0.159. The second kappa shape index (κ2) is 5.20. The van der Waals surface area contributed by atoms with Crippen molar-refractivity contribution in [3.63, 3.8) is 0 Å². The normalized spacial score (nSPS) is 36.0. The van der Waals surface area contributed by atoms with E-state index in [2.05, 4.69) is 19.6 Å². The number of hydrogen-bond donors (Lipinski definition) is 2. The molecule has 0 aliphatic heterocycles. The average molecular weight is 314 g/mol. The van der Waals surface area contributed by atoms with E-state index in [1.807, 2.05) is 26.0 Å². The monoisotopic (exact) mass is 314 g/mol. The van der Waals surface area contributed by atoms with E-state index in [1.165, 1.54) is 0 Å². The van der Waals surface area contributed by atoms with Crippen LogP contribution in [-0.2, 0) is 10.2 Å². The first-order valence-electron chi connectivity index (χ1n) is 8.42.